The third kappa shape index (κ3) is 60.5. The number of amides is 2. The van der Waals surface area contributed by atoms with E-state index < -0.39 is 6.04 Å². The number of nitrogens with one attached hydrogen (secondary N) is 5. The maximum absolute atomic E-state index is 12.4. The van der Waals surface area contributed by atoms with Gasteiger partial charge in [0.15, 0.2) is 23.1 Å². The third-order valence-electron chi connectivity index (χ3n) is 12.1. The number of ketones is 4. The molecule has 0 saturated carbocycles. The maximum Gasteiger partial charge on any atom is 0.302 e. The summed E-state index contributed by atoms with van der Waals surface area (Å²) in [6, 6.07) is 21.9. The summed E-state index contributed by atoms with van der Waals surface area (Å²) in [6.45, 7) is 32.0. The Hall–Kier alpha value is -7.07. The van der Waals surface area contributed by atoms with Gasteiger partial charge >= 0.3 is 17.9 Å². The van der Waals surface area contributed by atoms with E-state index in [1.165, 1.54) is 48.5 Å². The number of carbonyl (C=O) groups excluding carboxylic acids is 9. The van der Waals surface area contributed by atoms with Crippen LogP contribution in [0, 0.1) is 0 Å². The molecule has 0 aliphatic heterocycles. The highest BCUT2D eigenvalue weighted by molar-refractivity contribution is 5.91. The molecule has 3 rings (SSSR count). The van der Waals surface area contributed by atoms with E-state index in [9.17, 15) is 43.2 Å². The van der Waals surface area contributed by atoms with Gasteiger partial charge in [0, 0.05) is 97.9 Å². The lowest BCUT2D eigenvalue weighted by molar-refractivity contribution is -0.143. The molecule has 0 aromatic heterocycles. The Bertz CT molecular complexity index is 2380. The fourth-order valence-electron chi connectivity index (χ4n) is 7.39. The van der Waals surface area contributed by atoms with E-state index in [1.807, 2.05) is 86.6 Å². The molecule has 92 heavy (non-hydrogen) atoms. The Kier molecular flexibility index (Phi) is 60.8. The minimum Gasteiger partial charge on any atom is -0.461 e. The molecule has 0 saturated heterocycles. The van der Waals surface area contributed by atoms with Gasteiger partial charge in [-0.2, -0.15) is 0 Å². The summed E-state index contributed by atoms with van der Waals surface area (Å²) < 4.78 is 35.3. The first-order valence-corrected chi connectivity index (χ1v) is 32.8. The smallest absolute Gasteiger partial charge is 0.302 e. The molecule has 3 aromatic carbocycles. The molecule has 0 radical (unpaired) electrons. The summed E-state index contributed by atoms with van der Waals surface area (Å²) in [4.78, 5) is 99.3. The number of hydrogen-bond donors (Lipinski definition) is 5. The van der Waals surface area contributed by atoms with Crippen LogP contribution in [0.4, 0.5) is 17.1 Å². The van der Waals surface area contributed by atoms with Gasteiger partial charge in [-0.05, 0) is 118 Å². The summed E-state index contributed by atoms with van der Waals surface area (Å²) in [6.07, 6.45) is 13.9. The van der Waals surface area contributed by atoms with Crippen molar-refractivity contribution in [3.8, 4) is 0 Å². The fourth-order valence-corrected chi connectivity index (χ4v) is 7.39. The Balaban J connectivity index is -0.00000108. The summed E-state index contributed by atoms with van der Waals surface area (Å²) in [7, 11) is 0. The molecule has 2 atom stereocenters. The number of esters is 3. The second-order valence-electron chi connectivity index (χ2n) is 21.6. The average Bonchev–Trinajstić information content (AvgIpc) is 2.15. The molecule has 522 valence electrons. The summed E-state index contributed by atoms with van der Waals surface area (Å²) in [5, 5.41) is 14.8. The molecule has 3 aromatic rings. The Morgan fingerprint density at radius 2 is 0.717 bits per heavy atom. The molecule has 0 heterocycles. The lowest BCUT2D eigenvalue weighted by Gasteiger charge is -2.17. The van der Waals surface area contributed by atoms with E-state index in [2.05, 4.69) is 61.2 Å². The standard InChI is InChI=1S/C19H28N2O4.C15H21NO4.C15H23NO3.C10H19NO2.C6H12O2.C6H14O/c1-4-5-6-7-18(21-14(2)22)19(24)12-20-17-10-8-16(9-11-17)13-25-15(3)23;1-3-8-19-11-15(18)9-16-14-6-4-13(5-7-14)10-20-12(2)17;1-3-10-18-11-4-9-16-15-7-5-14(6-8-15)12-19-13(2)17;1-4-5-6-7-10(8(2)12)11-9(3)13;1-3-4-8-5-6(2)7;1-3-5-7-6-4-2/h8-11,18,20H,4-7,12-13H2,1-3H3,(H,21,22);4-7,16H,3,8-11H2,1-2H3;5-8,16H,3-4,9-12H2,1-2H3;10H,4-7H2,1-3H3,(H,11,13);3-5H2,1-2H3;3-6H2,1-2H3. The molecular formula is C71H117N5O16. The number of hydrogen-bond acceptors (Lipinski definition) is 19. The van der Waals surface area contributed by atoms with Crippen molar-refractivity contribution in [3.63, 3.8) is 0 Å². The summed E-state index contributed by atoms with van der Waals surface area (Å²) in [5.41, 5.74) is 5.50. The van der Waals surface area contributed by atoms with Crippen LogP contribution in [-0.4, -0.2) is 137 Å². The van der Waals surface area contributed by atoms with E-state index in [0.29, 0.717) is 26.2 Å². The van der Waals surface area contributed by atoms with Crippen molar-refractivity contribution >= 4 is 69.9 Å². The highest BCUT2D eigenvalue weighted by Gasteiger charge is 2.19. The van der Waals surface area contributed by atoms with Crippen molar-refractivity contribution in [2.24, 2.45) is 0 Å². The first-order valence-electron chi connectivity index (χ1n) is 32.8. The molecule has 0 bridgehead atoms. The molecule has 0 aliphatic rings. The van der Waals surface area contributed by atoms with Crippen LogP contribution >= 0.6 is 0 Å². The minimum atomic E-state index is -0.445. The Morgan fingerprint density at radius 1 is 0.370 bits per heavy atom. The van der Waals surface area contributed by atoms with Crippen molar-refractivity contribution in [2.75, 3.05) is 88.4 Å². The molecule has 0 fully saturated rings. The Labute approximate surface area is 551 Å². The monoisotopic (exact) mass is 1300 g/mol. The molecule has 0 aliphatic carbocycles. The molecule has 2 unspecified atom stereocenters. The minimum absolute atomic E-state index is 0.0161. The molecule has 21 heteroatoms. The third-order valence-corrected chi connectivity index (χ3v) is 12.1. The van der Waals surface area contributed by atoms with Gasteiger partial charge in [-0.25, -0.2) is 0 Å². The van der Waals surface area contributed by atoms with Gasteiger partial charge in [0.25, 0.3) is 0 Å². The van der Waals surface area contributed by atoms with Crippen LogP contribution in [0.5, 0.6) is 0 Å². The number of benzene rings is 3. The van der Waals surface area contributed by atoms with Gasteiger partial charge < -0.3 is 59.7 Å². The van der Waals surface area contributed by atoms with Crippen LogP contribution in [-0.2, 0) is 96.1 Å². The second-order valence-corrected chi connectivity index (χ2v) is 21.6. The van der Waals surface area contributed by atoms with Gasteiger partial charge in [0.2, 0.25) is 11.8 Å². The fraction of sp³-hybridized carbons (Fsp3) is 0.620. The van der Waals surface area contributed by atoms with Crippen LogP contribution < -0.4 is 26.6 Å². The first kappa shape index (κ1) is 89.1. The molecule has 0 spiro atoms. The van der Waals surface area contributed by atoms with Crippen molar-refractivity contribution in [1.29, 1.82) is 0 Å². The van der Waals surface area contributed by atoms with E-state index in [4.69, 9.17) is 33.2 Å². The summed E-state index contributed by atoms with van der Waals surface area (Å²) in [5.74, 6) is -1.07. The number of ether oxygens (including phenoxy) is 7. The maximum atomic E-state index is 12.4. The zero-order valence-electron chi connectivity index (χ0n) is 58.4. The average molecular weight is 1300 g/mol. The van der Waals surface area contributed by atoms with Crippen molar-refractivity contribution in [1.82, 2.24) is 10.6 Å². The largest absolute Gasteiger partial charge is 0.461 e. The number of rotatable bonds is 43. The highest BCUT2D eigenvalue weighted by Crippen LogP contribution is 2.14. The van der Waals surface area contributed by atoms with Crippen LogP contribution in [0.25, 0.3) is 0 Å². The normalized spacial score (nSPS) is 10.7. The predicted molar refractivity (Wildman–Crippen MR) is 365 cm³/mol. The van der Waals surface area contributed by atoms with Crippen molar-refractivity contribution in [3.05, 3.63) is 89.5 Å². The van der Waals surface area contributed by atoms with Crippen LogP contribution in [0.15, 0.2) is 72.8 Å². The predicted octanol–water partition coefficient (Wildman–Crippen LogP) is 12.4. The lowest BCUT2D eigenvalue weighted by atomic mass is 10.0. The first-order chi connectivity index (χ1) is 44.0. The molecule has 5 N–H and O–H groups in total. The van der Waals surface area contributed by atoms with Gasteiger partial charge in [0.1, 0.15) is 33.0 Å². The van der Waals surface area contributed by atoms with Crippen molar-refractivity contribution < 1.29 is 76.3 Å². The van der Waals surface area contributed by atoms with E-state index in [-0.39, 0.29) is 98.4 Å². The Morgan fingerprint density at radius 3 is 1.08 bits per heavy atom. The van der Waals surface area contributed by atoms with Crippen LogP contribution in [0.2, 0.25) is 0 Å². The molecule has 21 nitrogen and oxygen atoms in total. The van der Waals surface area contributed by atoms with E-state index >= 15 is 0 Å². The highest BCUT2D eigenvalue weighted by atomic mass is 16.5. The van der Waals surface area contributed by atoms with Gasteiger partial charge in [-0.15, -0.1) is 0 Å². The quantitative estimate of drug-likeness (QED) is 0.0200. The van der Waals surface area contributed by atoms with Crippen LogP contribution in [0.3, 0.4) is 0 Å². The number of carbonyl (C=O) groups is 9. The number of unbranched alkanes of at least 4 members (excludes halogenated alkanes) is 4. The van der Waals surface area contributed by atoms with Crippen LogP contribution in [0.1, 0.15) is 204 Å². The van der Waals surface area contributed by atoms with Gasteiger partial charge in [-0.1, -0.05) is 123 Å². The van der Waals surface area contributed by atoms with E-state index in [0.717, 1.165) is 150 Å². The topological polar surface area (TPSA) is 278 Å². The van der Waals surface area contributed by atoms with E-state index in [1.54, 1.807) is 0 Å². The molecular weight excluding hydrogens is 1180 g/mol. The molecule has 2 amide bonds. The van der Waals surface area contributed by atoms with Crippen molar-refractivity contribution in [2.45, 2.75) is 219 Å². The van der Waals surface area contributed by atoms with Gasteiger partial charge in [0.05, 0.1) is 25.2 Å². The lowest BCUT2D eigenvalue weighted by Crippen LogP contribution is -2.42. The summed E-state index contributed by atoms with van der Waals surface area (Å²) >= 11 is 0. The zero-order chi connectivity index (χ0) is 69.6. The second kappa shape index (κ2) is 62.7. The SMILES string of the molecule is CCCCCC(NC(C)=O)C(=O)CNc1ccc(COC(C)=O)cc1.CCCCCC(NC(C)=O)C(C)=O.CCCOCC(=O)CNc1ccc(COC(C)=O)cc1.CCCOCC(C)=O.CCCOCCC.CCCOCCCNc1ccc(COC(C)=O)cc1. The number of anilines is 3. The number of Topliss-reactive ketones (excluding diaryl/α,β-unsaturated/α-hetero) is 4. The van der Waals surface area contributed by atoms with Gasteiger partial charge in [-0.3, -0.25) is 43.2 Å². The zero-order valence-corrected chi connectivity index (χ0v) is 58.4.